The van der Waals surface area contributed by atoms with Gasteiger partial charge in [0.1, 0.15) is 22.3 Å². The third-order valence-electron chi connectivity index (χ3n) is 4.49. The van der Waals surface area contributed by atoms with Gasteiger partial charge in [0.2, 0.25) is 0 Å². The van der Waals surface area contributed by atoms with E-state index in [1.54, 1.807) is 30.1 Å². The van der Waals surface area contributed by atoms with Crippen LogP contribution in [-0.2, 0) is 0 Å². The van der Waals surface area contributed by atoms with Crippen LogP contribution in [0.25, 0.3) is 16.3 Å². The molecule has 0 radical (unpaired) electrons. The summed E-state index contributed by atoms with van der Waals surface area (Å²) in [4.78, 5) is 16.2. The second-order valence-corrected chi connectivity index (χ2v) is 7.68. The molecule has 9 heteroatoms. The van der Waals surface area contributed by atoms with Gasteiger partial charge in [-0.3, -0.25) is 0 Å². The van der Waals surface area contributed by atoms with Gasteiger partial charge in [-0.2, -0.15) is 5.10 Å². The highest BCUT2D eigenvalue weighted by molar-refractivity contribution is 7.13. The number of hydrogen-bond acceptors (Lipinski definition) is 6. The van der Waals surface area contributed by atoms with Gasteiger partial charge >= 0.3 is 5.97 Å². The molecule has 2 N–H and O–H groups in total. The Morgan fingerprint density at radius 1 is 1.27 bits per heavy atom. The number of ether oxygens (including phenoxy) is 1. The number of methoxy groups -OCH3 is 1. The zero-order valence-corrected chi connectivity index (χ0v) is 17.7. The number of anilines is 2. The molecule has 0 amide bonds. The summed E-state index contributed by atoms with van der Waals surface area (Å²) in [6.45, 7) is 1.88. The molecule has 2 heterocycles. The highest BCUT2D eigenvalue weighted by Gasteiger charge is 2.23. The molecule has 0 aliphatic rings. The maximum atomic E-state index is 11.8. The third kappa shape index (κ3) is 3.62. The Labute approximate surface area is 181 Å². The van der Waals surface area contributed by atoms with Crippen molar-refractivity contribution in [2.75, 3.05) is 12.4 Å². The first-order chi connectivity index (χ1) is 14.5. The molecule has 4 rings (SSSR count). The molecule has 0 aliphatic heterocycles. The van der Waals surface area contributed by atoms with Gasteiger partial charge in [-0.05, 0) is 37.3 Å². The lowest BCUT2D eigenvalue weighted by molar-refractivity contribution is 0.0698. The molecule has 0 unspecified atom stereocenters. The van der Waals surface area contributed by atoms with E-state index in [0.29, 0.717) is 28.0 Å². The number of nitrogens with zero attached hydrogens (tertiary/aromatic N) is 3. The molecular formula is C21H17ClN4O3S. The molecule has 0 fully saturated rings. The Hall–Kier alpha value is -3.36. The Morgan fingerprint density at radius 3 is 2.77 bits per heavy atom. The number of thiazole rings is 1. The van der Waals surface area contributed by atoms with Crippen LogP contribution >= 0.6 is 22.9 Å². The van der Waals surface area contributed by atoms with Crippen LogP contribution in [0.3, 0.4) is 0 Å². The maximum Gasteiger partial charge on any atom is 0.337 e. The van der Waals surface area contributed by atoms with E-state index in [9.17, 15) is 9.90 Å². The Bertz CT molecular complexity index is 1220. The van der Waals surface area contributed by atoms with Crippen LogP contribution in [0.15, 0.2) is 54.0 Å². The first-order valence-electron chi connectivity index (χ1n) is 8.92. The van der Waals surface area contributed by atoms with Gasteiger partial charge in [-0.15, -0.1) is 11.3 Å². The second-order valence-electron chi connectivity index (χ2n) is 6.35. The Morgan fingerprint density at radius 2 is 2.07 bits per heavy atom. The summed E-state index contributed by atoms with van der Waals surface area (Å²) in [6, 6.07) is 12.1. The number of nitrogens with one attached hydrogen (secondary N) is 1. The highest BCUT2D eigenvalue weighted by Crippen LogP contribution is 2.38. The van der Waals surface area contributed by atoms with Crippen LogP contribution in [0.5, 0.6) is 5.75 Å². The summed E-state index contributed by atoms with van der Waals surface area (Å²) in [5.41, 5.74) is 2.67. The minimum atomic E-state index is -1.09. The molecule has 0 aliphatic carbocycles. The molecule has 0 bridgehead atoms. The van der Waals surface area contributed by atoms with Gasteiger partial charge in [0.15, 0.2) is 0 Å². The van der Waals surface area contributed by atoms with Gasteiger partial charge in [-0.1, -0.05) is 23.7 Å². The standard InChI is InChI=1S/C21H17ClN4O3S/c1-12-18(20-23-9-10-30-20)19(24-15-8-7-13(22)11-14(15)21(27)28)26(25-12)16-5-3-4-6-17(16)29-2/h3-11,24H,1-2H3,(H,27,28). The Kier molecular flexibility index (Phi) is 5.43. The zero-order chi connectivity index (χ0) is 21.3. The second kappa shape index (κ2) is 8.17. The number of hydrogen-bond donors (Lipinski definition) is 2. The van der Waals surface area contributed by atoms with Gasteiger partial charge < -0.3 is 15.2 Å². The number of para-hydroxylation sites is 2. The van der Waals surface area contributed by atoms with E-state index < -0.39 is 5.97 Å². The van der Waals surface area contributed by atoms with Gasteiger partial charge in [0, 0.05) is 16.6 Å². The average Bonchev–Trinajstić information content (AvgIpc) is 3.36. The third-order valence-corrected chi connectivity index (χ3v) is 5.51. The van der Waals surface area contributed by atoms with Crippen LogP contribution in [0.2, 0.25) is 5.02 Å². The molecular weight excluding hydrogens is 424 g/mol. The monoisotopic (exact) mass is 440 g/mol. The maximum absolute atomic E-state index is 11.8. The fourth-order valence-corrected chi connectivity index (χ4v) is 4.06. The van der Waals surface area contributed by atoms with E-state index in [2.05, 4.69) is 10.3 Å². The predicted octanol–water partition coefficient (Wildman–Crippen LogP) is 5.41. The number of halogens is 1. The van der Waals surface area contributed by atoms with E-state index in [1.807, 2.05) is 36.6 Å². The van der Waals surface area contributed by atoms with Gasteiger partial charge in [-0.25, -0.2) is 14.5 Å². The fourth-order valence-electron chi connectivity index (χ4n) is 3.15. The van der Waals surface area contributed by atoms with Crippen LogP contribution in [0.4, 0.5) is 11.5 Å². The lowest BCUT2D eigenvalue weighted by Gasteiger charge is -2.15. The van der Waals surface area contributed by atoms with E-state index in [0.717, 1.165) is 16.3 Å². The summed E-state index contributed by atoms with van der Waals surface area (Å²) in [6.07, 6.45) is 1.72. The van der Waals surface area contributed by atoms with E-state index in [-0.39, 0.29) is 5.56 Å². The minimum absolute atomic E-state index is 0.0537. The number of carboxylic acid groups (broad SMARTS) is 1. The lowest BCUT2D eigenvalue weighted by Crippen LogP contribution is -2.08. The number of aromatic carboxylic acids is 1. The molecule has 2 aromatic heterocycles. The molecule has 7 nitrogen and oxygen atoms in total. The quantitative estimate of drug-likeness (QED) is 0.416. The minimum Gasteiger partial charge on any atom is -0.494 e. The van der Waals surface area contributed by atoms with Crippen molar-refractivity contribution >= 4 is 40.4 Å². The first-order valence-corrected chi connectivity index (χ1v) is 10.2. The van der Waals surface area contributed by atoms with Gasteiger partial charge in [0.25, 0.3) is 0 Å². The van der Waals surface area contributed by atoms with Crippen molar-refractivity contribution in [2.24, 2.45) is 0 Å². The fraction of sp³-hybridized carbons (Fsp3) is 0.0952. The predicted molar refractivity (Wildman–Crippen MR) is 118 cm³/mol. The molecule has 30 heavy (non-hydrogen) atoms. The smallest absolute Gasteiger partial charge is 0.337 e. The first kappa shape index (κ1) is 19.9. The summed E-state index contributed by atoms with van der Waals surface area (Å²) < 4.78 is 7.21. The van der Waals surface area contributed by atoms with Crippen LogP contribution in [-0.4, -0.2) is 33.0 Å². The summed E-state index contributed by atoms with van der Waals surface area (Å²) >= 11 is 7.49. The Balaban J connectivity index is 1.95. The number of carbonyl (C=O) groups is 1. The highest BCUT2D eigenvalue weighted by atomic mass is 35.5. The number of benzene rings is 2. The molecule has 4 aromatic rings. The van der Waals surface area contributed by atoms with E-state index in [1.165, 1.54) is 17.4 Å². The van der Waals surface area contributed by atoms with Crippen molar-refractivity contribution in [1.82, 2.24) is 14.8 Å². The summed E-state index contributed by atoms with van der Waals surface area (Å²) in [5, 5.41) is 20.6. The average molecular weight is 441 g/mol. The van der Waals surface area contributed by atoms with Crippen molar-refractivity contribution in [2.45, 2.75) is 6.92 Å². The molecule has 0 saturated heterocycles. The molecule has 152 valence electrons. The van der Waals surface area contributed by atoms with Crippen LogP contribution in [0, 0.1) is 6.92 Å². The molecule has 0 saturated carbocycles. The largest absolute Gasteiger partial charge is 0.494 e. The number of aromatic nitrogens is 3. The van der Waals surface area contributed by atoms with Crippen molar-refractivity contribution in [3.8, 4) is 22.0 Å². The van der Waals surface area contributed by atoms with Crippen molar-refractivity contribution < 1.29 is 14.6 Å². The normalized spacial score (nSPS) is 10.8. The van der Waals surface area contributed by atoms with Crippen molar-refractivity contribution in [3.05, 3.63) is 70.3 Å². The number of carboxylic acids is 1. The molecule has 0 atom stereocenters. The van der Waals surface area contributed by atoms with Gasteiger partial charge in [0.05, 0.1) is 29.6 Å². The number of aryl methyl sites for hydroxylation is 1. The zero-order valence-electron chi connectivity index (χ0n) is 16.1. The van der Waals surface area contributed by atoms with Crippen LogP contribution in [0.1, 0.15) is 16.1 Å². The summed E-state index contributed by atoms with van der Waals surface area (Å²) in [5.74, 6) is 0.121. The lowest BCUT2D eigenvalue weighted by atomic mass is 10.1. The van der Waals surface area contributed by atoms with Crippen molar-refractivity contribution in [3.63, 3.8) is 0 Å². The molecule has 0 spiro atoms. The number of rotatable bonds is 6. The SMILES string of the molecule is COc1ccccc1-n1nc(C)c(-c2nccs2)c1Nc1ccc(Cl)cc1C(=O)O. The van der Waals surface area contributed by atoms with E-state index in [4.69, 9.17) is 21.4 Å². The van der Waals surface area contributed by atoms with Crippen LogP contribution < -0.4 is 10.1 Å². The summed E-state index contributed by atoms with van der Waals surface area (Å²) in [7, 11) is 1.59. The van der Waals surface area contributed by atoms with E-state index >= 15 is 0 Å². The van der Waals surface area contributed by atoms with Crippen molar-refractivity contribution in [1.29, 1.82) is 0 Å². The molecule has 2 aromatic carbocycles. The topological polar surface area (TPSA) is 89.3 Å².